The summed E-state index contributed by atoms with van der Waals surface area (Å²) in [6.07, 6.45) is 8.98. The number of benzene rings is 1. The molecule has 22 heavy (non-hydrogen) atoms. The predicted molar refractivity (Wildman–Crippen MR) is 91.5 cm³/mol. The number of carbonyl (C=O) groups excluding carboxylic acids is 1. The average Bonchev–Trinajstić information content (AvgIpc) is 2.55. The minimum Gasteiger partial charge on any atom is -0.494 e. The minimum atomic E-state index is 0.112. The van der Waals surface area contributed by atoms with Crippen LogP contribution in [0.25, 0.3) is 0 Å². The van der Waals surface area contributed by atoms with E-state index in [2.05, 4.69) is 26.0 Å². The van der Waals surface area contributed by atoms with Gasteiger partial charge in [0.15, 0.2) is 0 Å². The van der Waals surface area contributed by atoms with Crippen molar-refractivity contribution >= 4 is 5.78 Å². The monoisotopic (exact) mass is 302 g/mol. The van der Waals surface area contributed by atoms with Crippen molar-refractivity contribution in [2.75, 3.05) is 6.61 Å². The molecule has 1 aromatic rings. The number of unbranched alkanes of at least 4 members (excludes halogenated alkanes) is 3. The molecule has 0 unspecified atom stereocenters. The Morgan fingerprint density at radius 3 is 2.45 bits per heavy atom. The van der Waals surface area contributed by atoms with Gasteiger partial charge in [0.1, 0.15) is 11.5 Å². The number of hydrogen-bond donors (Lipinski definition) is 0. The van der Waals surface area contributed by atoms with Crippen LogP contribution in [0.3, 0.4) is 0 Å². The summed E-state index contributed by atoms with van der Waals surface area (Å²) in [4.78, 5) is 12.3. The molecule has 0 aromatic heterocycles. The summed E-state index contributed by atoms with van der Waals surface area (Å²) in [5.74, 6) is 2.07. The molecule has 1 saturated carbocycles. The van der Waals surface area contributed by atoms with Crippen LogP contribution in [0.1, 0.15) is 76.7 Å². The number of ether oxygens (including phenoxy) is 1. The summed E-state index contributed by atoms with van der Waals surface area (Å²) in [7, 11) is 0. The first kappa shape index (κ1) is 17.1. The summed E-state index contributed by atoms with van der Waals surface area (Å²) in [6, 6.07) is 8.20. The molecule has 1 aliphatic carbocycles. The third-order valence-corrected chi connectivity index (χ3v) is 4.87. The first-order valence-electron chi connectivity index (χ1n) is 9.00. The smallest absolute Gasteiger partial charge is 0.140 e. The van der Waals surface area contributed by atoms with Crippen LogP contribution in [-0.4, -0.2) is 12.4 Å². The highest BCUT2D eigenvalue weighted by atomic mass is 16.5. The van der Waals surface area contributed by atoms with E-state index in [0.717, 1.165) is 43.6 Å². The quantitative estimate of drug-likeness (QED) is 0.592. The summed E-state index contributed by atoms with van der Waals surface area (Å²) in [5.41, 5.74) is 1.16. The van der Waals surface area contributed by atoms with E-state index in [1.165, 1.54) is 25.7 Å². The van der Waals surface area contributed by atoms with Crippen molar-refractivity contribution in [2.45, 2.75) is 71.1 Å². The van der Waals surface area contributed by atoms with Crippen LogP contribution in [0.15, 0.2) is 24.3 Å². The number of hydrogen-bond acceptors (Lipinski definition) is 2. The van der Waals surface area contributed by atoms with Crippen molar-refractivity contribution in [1.82, 2.24) is 0 Å². The van der Waals surface area contributed by atoms with E-state index in [1.807, 2.05) is 12.1 Å². The Morgan fingerprint density at radius 1 is 1.05 bits per heavy atom. The molecule has 122 valence electrons. The fourth-order valence-corrected chi connectivity index (χ4v) is 3.31. The Balaban J connectivity index is 1.82. The highest BCUT2D eigenvalue weighted by Crippen LogP contribution is 2.34. The molecular weight excluding hydrogens is 272 g/mol. The molecule has 2 heteroatoms. The van der Waals surface area contributed by atoms with Crippen molar-refractivity contribution in [3.63, 3.8) is 0 Å². The highest BCUT2D eigenvalue weighted by molar-refractivity contribution is 5.86. The Hall–Kier alpha value is -1.31. The van der Waals surface area contributed by atoms with E-state index >= 15 is 0 Å². The van der Waals surface area contributed by atoms with Crippen molar-refractivity contribution in [1.29, 1.82) is 0 Å². The molecule has 0 radical (unpaired) electrons. The van der Waals surface area contributed by atoms with Crippen molar-refractivity contribution < 1.29 is 9.53 Å². The minimum absolute atomic E-state index is 0.112. The van der Waals surface area contributed by atoms with E-state index in [9.17, 15) is 4.79 Å². The average molecular weight is 302 g/mol. The van der Waals surface area contributed by atoms with Gasteiger partial charge in [-0.15, -0.1) is 0 Å². The first-order valence-corrected chi connectivity index (χ1v) is 9.00. The van der Waals surface area contributed by atoms with Crippen LogP contribution in [-0.2, 0) is 4.79 Å². The molecule has 0 heterocycles. The zero-order valence-corrected chi connectivity index (χ0v) is 14.1. The first-order chi connectivity index (χ1) is 10.7. The Labute approximate surface area is 135 Å². The fraction of sp³-hybridized carbons (Fsp3) is 0.650. The predicted octanol–water partition coefficient (Wildman–Crippen LogP) is 5.51. The molecule has 0 aliphatic heterocycles. The summed E-state index contributed by atoms with van der Waals surface area (Å²) in [5, 5.41) is 0. The maximum Gasteiger partial charge on any atom is 0.140 e. The molecular formula is C20H30O2. The van der Waals surface area contributed by atoms with E-state index in [-0.39, 0.29) is 5.92 Å². The van der Waals surface area contributed by atoms with Gasteiger partial charge in [0.05, 0.1) is 6.61 Å². The lowest BCUT2D eigenvalue weighted by Crippen LogP contribution is -2.23. The van der Waals surface area contributed by atoms with Gasteiger partial charge >= 0.3 is 0 Å². The van der Waals surface area contributed by atoms with Crippen LogP contribution in [0.2, 0.25) is 0 Å². The van der Waals surface area contributed by atoms with Crippen LogP contribution >= 0.6 is 0 Å². The molecule has 2 nitrogen and oxygen atoms in total. The molecule has 2 rings (SSSR count). The summed E-state index contributed by atoms with van der Waals surface area (Å²) in [6.45, 7) is 5.19. The molecule has 0 amide bonds. The number of rotatable bonds is 8. The summed E-state index contributed by atoms with van der Waals surface area (Å²) >= 11 is 0. The molecule has 1 aromatic carbocycles. The second-order valence-corrected chi connectivity index (χ2v) is 6.55. The van der Waals surface area contributed by atoms with E-state index in [0.29, 0.717) is 11.7 Å². The number of Topliss-reactive ketones (excluding diaryl/α,β-unsaturated/α-hetero) is 1. The Kier molecular flexibility index (Phi) is 6.95. The molecule has 0 saturated heterocycles. The van der Waals surface area contributed by atoms with Gasteiger partial charge in [-0.05, 0) is 42.9 Å². The Bertz CT molecular complexity index is 449. The normalized spacial score (nSPS) is 21.8. The zero-order chi connectivity index (χ0) is 15.8. The third kappa shape index (κ3) is 4.86. The topological polar surface area (TPSA) is 26.3 Å². The van der Waals surface area contributed by atoms with Gasteiger partial charge in [-0.1, -0.05) is 51.7 Å². The van der Waals surface area contributed by atoms with E-state index in [1.54, 1.807) is 0 Å². The van der Waals surface area contributed by atoms with Gasteiger partial charge in [-0.2, -0.15) is 0 Å². The molecule has 0 spiro atoms. The van der Waals surface area contributed by atoms with Gasteiger partial charge in [0, 0.05) is 12.3 Å². The highest BCUT2D eigenvalue weighted by Gasteiger charge is 2.28. The van der Waals surface area contributed by atoms with Crippen LogP contribution in [0, 0.1) is 5.92 Å². The van der Waals surface area contributed by atoms with Gasteiger partial charge < -0.3 is 4.74 Å². The number of ketones is 1. The van der Waals surface area contributed by atoms with E-state index < -0.39 is 0 Å². The Morgan fingerprint density at radius 2 is 1.82 bits per heavy atom. The van der Waals surface area contributed by atoms with Gasteiger partial charge in [-0.25, -0.2) is 0 Å². The van der Waals surface area contributed by atoms with Gasteiger partial charge in [0.2, 0.25) is 0 Å². The molecule has 2 atom stereocenters. The molecule has 1 aliphatic rings. The van der Waals surface area contributed by atoms with Crippen LogP contribution in [0.5, 0.6) is 5.75 Å². The standard InChI is InChI=1S/C20H30O2/c1-3-5-6-7-14-22-18-11-9-17(10-12-18)19-13-8-16(4-2)15-20(19)21/h9-12,16,19H,3-8,13-15H2,1-2H3/t16-,19+/m1/s1. The van der Waals surface area contributed by atoms with Crippen LogP contribution in [0.4, 0.5) is 0 Å². The largest absolute Gasteiger partial charge is 0.494 e. The van der Waals surface area contributed by atoms with Crippen molar-refractivity contribution in [2.24, 2.45) is 5.92 Å². The second kappa shape index (κ2) is 8.97. The second-order valence-electron chi connectivity index (χ2n) is 6.55. The lowest BCUT2D eigenvalue weighted by atomic mass is 9.77. The van der Waals surface area contributed by atoms with E-state index in [4.69, 9.17) is 4.74 Å². The fourth-order valence-electron chi connectivity index (χ4n) is 3.31. The molecule has 0 N–H and O–H groups in total. The van der Waals surface area contributed by atoms with Gasteiger partial charge in [0.25, 0.3) is 0 Å². The van der Waals surface area contributed by atoms with Crippen molar-refractivity contribution in [3.05, 3.63) is 29.8 Å². The third-order valence-electron chi connectivity index (χ3n) is 4.87. The SMILES string of the molecule is CCCCCCOc1ccc([C@@H]2CC[C@@H](CC)CC2=O)cc1. The maximum atomic E-state index is 12.3. The number of carbonyl (C=O) groups is 1. The lowest BCUT2D eigenvalue weighted by Gasteiger charge is -2.27. The van der Waals surface area contributed by atoms with Crippen molar-refractivity contribution in [3.8, 4) is 5.75 Å². The molecule has 0 bridgehead atoms. The lowest BCUT2D eigenvalue weighted by molar-refractivity contribution is -0.123. The maximum absolute atomic E-state index is 12.3. The summed E-state index contributed by atoms with van der Waals surface area (Å²) < 4.78 is 5.77. The molecule has 1 fully saturated rings. The van der Waals surface area contributed by atoms with Crippen LogP contribution < -0.4 is 4.74 Å². The zero-order valence-electron chi connectivity index (χ0n) is 14.1. The van der Waals surface area contributed by atoms with Gasteiger partial charge in [-0.3, -0.25) is 4.79 Å².